The maximum atomic E-state index is 11.3. The highest BCUT2D eigenvalue weighted by atomic mass is 35.5. The molecule has 15 heavy (non-hydrogen) atoms. The Morgan fingerprint density at radius 3 is 2.80 bits per heavy atom. The molecule has 0 saturated carbocycles. The van der Waals surface area contributed by atoms with Gasteiger partial charge in [-0.2, -0.15) is 5.26 Å². The minimum absolute atomic E-state index is 0.401. The average Bonchev–Trinajstić information content (AvgIpc) is 2.12. The molecule has 0 fully saturated rings. The van der Waals surface area contributed by atoms with E-state index in [0.717, 1.165) is 0 Å². The molecule has 0 aliphatic carbocycles. The molecule has 0 amide bonds. The summed E-state index contributed by atoms with van der Waals surface area (Å²) >= 11 is 5.82. The summed E-state index contributed by atoms with van der Waals surface area (Å²) in [5.41, 5.74) is 1.04. The molecule has 80 valence electrons. The highest BCUT2D eigenvalue weighted by molar-refractivity contribution is 7.92. The van der Waals surface area contributed by atoms with Gasteiger partial charge < -0.3 is 0 Å². The molecule has 0 aromatic heterocycles. The van der Waals surface area contributed by atoms with Gasteiger partial charge in [0.1, 0.15) is 0 Å². The third-order valence-electron chi connectivity index (χ3n) is 1.79. The van der Waals surface area contributed by atoms with E-state index in [-0.39, 0.29) is 0 Å². The molecule has 0 radical (unpaired) electrons. The molecule has 1 aromatic rings. The SMILES string of the molecule is Cc1c(Cl)cccc1NS(=O)(=O)CC#N. The summed E-state index contributed by atoms with van der Waals surface area (Å²) in [6.45, 7) is 1.70. The molecule has 1 rings (SSSR count). The number of benzene rings is 1. The van der Waals surface area contributed by atoms with Crippen molar-refractivity contribution in [3.8, 4) is 6.07 Å². The van der Waals surface area contributed by atoms with Crippen molar-refractivity contribution < 1.29 is 8.42 Å². The fraction of sp³-hybridized carbons (Fsp3) is 0.222. The van der Waals surface area contributed by atoms with Crippen LogP contribution in [0.4, 0.5) is 5.69 Å². The molecule has 1 N–H and O–H groups in total. The quantitative estimate of drug-likeness (QED) is 0.883. The molecule has 1 aromatic carbocycles. The number of sulfonamides is 1. The summed E-state index contributed by atoms with van der Waals surface area (Å²) in [4.78, 5) is 0. The van der Waals surface area contributed by atoms with Gasteiger partial charge in [-0.25, -0.2) is 8.42 Å². The van der Waals surface area contributed by atoms with Gasteiger partial charge in [-0.05, 0) is 24.6 Å². The van der Waals surface area contributed by atoms with Crippen molar-refractivity contribution in [2.24, 2.45) is 0 Å². The van der Waals surface area contributed by atoms with E-state index in [1.54, 1.807) is 31.2 Å². The van der Waals surface area contributed by atoms with Crippen LogP contribution in [-0.4, -0.2) is 14.2 Å². The Morgan fingerprint density at radius 2 is 2.20 bits per heavy atom. The molecule has 0 aliphatic rings. The van der Waals surface area contributed by atoms with E-state index < -0.39 is 15.8 Å². The average molecular weight is 245 g/mol. The molecule has 4 nitrogen and oxygen atoms in total. The number of nitriles is 1. The lowest BCUT2D eigenvalue weighted by Gasteiger charge is -2.08. The summed E-state index contributed by atoms with van der Waals surface area (Å²) in [5.74, 6) is -0.570. The smallest absolute Gasteiger partial charge is 0.246 e. The first kappa shape index (κ1) is 11.8. The zero-order valence-electron chi connectivity index (χ0n) is 7.99. The number of hydrogen-bond acceptors (Lipinski definition) is 3. The molecule has 0 heterocycles. The largest absolute Gasteiger partial charge is 0.282 e. The maximum absolute atomic E-state index is 11.3. The molecular weight excluding hydrogens is 236 g/mol. The lowest BCUT2D eigenvalue weighted by Crippen LogP contribution is -2.16. The Hall–Kier alpha value is -1.25. The van der Waals surface area contributed by atoms with E-state index in [1.165, 1.54) is 0 Å². The Kier molecular flexibility index (Phi) is 3.56. The fourth-order valence-corrected chi connectivity index (χ4v) is 1.98. The van der Waals surface area contributed by atoms with Crippen molar-refractivity contribution in [2.45, 2.75) is 6.92 Å². The van der Waals surface area contributed by atoms with Gasteiger partial charge in [-0.15, -0.1) is 0 Å². The number of anilines is 1. The van der Waals surface area contributed by atoms with Gasteiger partial charge in [0.25, 0.3) is 0 Å². The highest BCUT2D eigenvalue weighted by Gasteiger charge is 2.11. The number of nitrogens with zero attached hydrogens (tertiary/aromatic N) is 1. The topological polar surface area (TPSA) is 70.0 Å². The van der Waals surface area contributed by atoms with E-state index >= 15 is 0 Å². The first-order valence-electron chi connectivity index (χ1n) is 4.09. The van der Waals surface area contributed by atoms with E-state index in [9.17, 15) is 8.42 Å². The van der Waals surface area contributed by atoms with Crippen molar-refractivity contribution in [2.75, 3.05) is 10.5 Å². The molecule has 0 aliphatic heterocycles. The van der Waals surface area contributed by atoms with Gasteiger partial charge in [0, 0.05) is 5.02 Å². The van der Waals surface area contributed by atoms with Gasteiger partial charge in [-0.3, -0.25) is 4.72 Å². The molecule has 6 heteroatoms. The van der Waals surface area contributed by atoms with Crippen LogP contribution < -0.4 is 4.72 Å². The first-order chi connectivity index (χ1) is 6.96. The van der Waals surface area contributed by atoms with Gasteiger partial charge in [0.15, 0.2) is 5.75 Å². The predicted octanol–water partition coefficient (Wildman–Crippen LogP) is 1.91. The summed E-state index contributed by atoms with van der Waals surface area (Å²) < 4.78 is 24.9. The maximum Gasteiger partial charge on any atom is 0.246 e. The Balaban J connectivity index is 3.02. The third-order valence-corrected chi connectivity index (χ3v) is 3.24. The molecule has 0 spiro atoms. The molecule has 0 unspecified atom stereocenters. The lowest BCUT2D eigenvalue weighted by molar-refractivity contribution is 0.604. The van der Waals surface area contributed by atoms with Crippen LogP contribution in [0.5, 0.6) is 0 Å². The summed E-state index contributed by atoms with van der Waals surface area (Å²) in [7, 11) is -3.59. The van der Waals surface area contributed by atoms with Crippen molar-refractivity contribution in [3.63, 3.8) is 0 Å². The normalized spacial score (nSPS) is 10.7. The zero-order chi connectivity index (χ0) is 11.5. The van der Waals surface area contributed by atoms with Gasteiger partial charge in [-0.1, -0.05) is 17.7 Å². The van der Waals surface area contributed by atoms with Crippen LogP contribution in [0.3, 0.4) is 0 Å². The van der Waals surface area contributed by atoms with Crippen LogP contribution in [-0.2, 0) is 10.0 Å². The number of rotatable bonds is 3. The second kappa shape index (κ2) is 4.51. The Bertz CT molecular complexity index is 505. The summed E-state index contributed by atoms with van der Waals surface area (Å²) in [5, 5.41) is 8.79. The van der Waals surface area contributed by atoms with Crippen molar-refractivity contribution in [3.05, 3.63) is 28.8 Å². The zero-order valence-corrected chi connectivity index (χ0v) is 9.56. The van der Waals surface area contributed by atoms with E-state index in [2.05, 4.69) is 4.72 Å². The van der Waals surface area contributed by atoms with Crippen LogP contribution in [0.25, 0.3) is 0 Å². The third kappa shape index (κ3) is 3.11. The van der Waals surface area contributed by atoms with E-state index in [1.807, 2.05) is 0 Å². The highest BCUT2D eigenvalue weighted by Crippen LogP contribution is 2.23. The van der Waals surface area contributed by atoms with Crippen molar-refractivity contribution >= 4 is 27.3 Å². The fourth-order valence-electron chi connectivity index (χ4n) is 1.01. The Morgan fingerprint density at radius 1 is 1.53 bits per heavy atom. The van der Waals surface area contributed by atoms with E-state index in [0.29, 0.717) is 16.3 Å². The standard InChI is InChI=1S/C9H9ClN2O2S/c1-7-8(10)3-2-4-9(7)12-15(13,14)6-5-11/h2-4,12H,6H2,1H3. The lowest BCUT2D eigenvalue weighted by atomic mass is 10.2. The van der Waals surface area contributed by atoms with Gasteiger partial charge >= 0.3 is 0 Å². The van der Waals surface area contributed by atoms with Crippen LogP contribution >= 0.6 is 11.6 Å². The van der Waals surface area contributed by atoms with Gasteiger partial charge in [0.05, 0.1) is 11.8 Å². The number of hydrogen-bond donors (Lipinski definition) is 1. The number of nitrogens with one attached hydrogen (secondary N) is 1. The molecule has 0 saturated heterocycles. The Labute approximate surface area is 93.5 Å². The van der Waals surface area contributed by atoms with Crippen LogP contribution in [0.2, 0.25) is 5.02 Å². The second-order valence-electron chi connectivity index (χ2n) is 2.93. The summed E-state index contributed by atoms with van der Waals surface area (Å²) in [6, 6.07) is 6.48. The predicted molar refractivity (Wildman–Crippen MR) is 59.2 cm³/mol. The molecule has 0 bridgehead atoms. The second-order valence-corrected chi connectivity index (χ2v) is 5.06. The van der Waals surface area contributed by atoms with Gasteiger partial charge in [0.2, 0.25) is 10.0 Å². The van der Waals surface area contributed by atoms with Crippen molar-refractivity contribution in [1.29, 1.82) is 5.26 Å². The van der Waals surface area contributed by atoms with Crippen LogP contribution in [0, 0.1) is 18.3 Å². The molecular formula is C9H9ClN2O2S. The monoisotopic (exact) mass is 244 g/mol. The minimum atomic E-state index is -3.59. The number of halogens is 1. The first-order valence-corrected chi connectivity index (χ1v) is 6.12. The molecule has 0 atom stereocenters. The van der Waals surface area contributed by atoms with Crippen LogP contribution in [0.1, 0.15) is 5.56 Å². The minimum Gasteiger partial charge on any atom is -0.282 e. The summed E-state index contributed by atoms with van der Waals surface area (Å²) in [6.07, 6.45) is 0. The van der Waals surface area contributed by atoms with Crippen molar-refractivity contribution in [1.82, 2.24) is 0 Å². The van der Waals surface area contributed by atoms with E-state index in [4.69, 9.17) is 16.9 Å². The van der Waals surface area contributed by atoms with Crippen LogP contribution in [0.15, 0.2) is 18.2 Å².